The topological polar surface area (TPSA) is 54.5 Å². The number of halogens is 2. The summed E-state index contributed by atoms with van der Waals surface area (Å²) in [6.45, 7) is 0.853. The van der Waals surface area contributed by atoms with E-state index in [1.54, 1.807) is 0 Å². The highest BCUT2D eigenvalue weighted by Gasteiger charge is 2.23. The Kier molecular flexibility index (Phi) is 1.90. The molecule has 0 bridgehead atoms. The lowest BCUT2D eigenvalue weighted by molar-refractivity contribution is 0.0208. The Hall–Kier alpha value is -1.59. The van der Waals surface area contributed by atoms with Crippen LogP contribution in [0, 0.1) is 0 Å². The Bertz CT molecular complexity index is 413. The van der Waals surface area contributed by atoms with Crippen molar-refractivity contribution in [1.82, 2.24) is 19.9 Å². The highest BCUT2D eigenvalue weighted by atomic mass is 19.3. The number of nitrogens with zero attached hydrogens (tertiary/aromatic N) is 3. The first-order chi connectivity index (χ1) is 6.54. The summed E-state index contributed by atoms with van der Waals surface area (Å²) in [4.78, 5) is 14.2. The Balaban J connectivity index is 2.36. The molecular weight excluding hydrogens is 190 g/mol. The van der Waals surface area contributed by atoms with Gasteiger partial charge in [0.05, 0.1) is 12.6 Å². The van der Waals surface area contributed by atoms with E-state index in [2.05, 4.69) is 19.9 Å². The molecule has 2 rings (SSSR count). The molecule has 0 aliphatic carbocycles. The summed E-state index contributed by atoms with van der Waals surface area (Å²) in [5, 5.41) is 0. The first kappa shape index (κ1) is 8.98. The van der Waals surface area contributed by atoms with Crippen molar-refractivity contribution in [2.75, 3.05) is 0 Å². The van der Waals surface area contributed by atoms with Gasteiger partial charge in [-0.05, 0) is 6.92 Å². The maximum Gasteiger partial charge on any atom is 0.252 e. The maximum absolute atomic E-state index is 12.6. The van der Waals surface area contributed by atoms with Crippen molar-refractivity contribution in [3.63, 3.8) is 0 Å². The van der Waals surface area contributed by atoms with Crippen LogP contribution in [0.4, 0.5) is 8.78 Å². The summed E-state index contributed by atoms with van der Waals surface area (Å²) < 4.78 is 25.3. The van der Waals surface area contributed by atoms with Crippen LogP contribution in [0.2, 0.25) is 0 Å². The summed E-state index contributed by atoms with van der Waals surface area (Å²) in [5.41, 5.74) is 0.992. The van der Waals surface area contributed by atoms with E-state index in [-0.39, 0.29) is 5.82 Å². The van der Waals surface area contributed by atoms with Gasteiger partial charge in [0.25, 0.3) is 5.92 Å². The van der Waals surface area contributed by atoms with Crippen molar-refractivity contribution in [3.8, 4) is 0 Å². The van der Waals surface area contributed by atoms with E-state index in [0.29, 0.717) is 11.2 Å². The van der Waals surface area contributed by atoms with E-state index in [0.717, 1.165) is 6.92 Å². The van der Waals surface area contributed by atoms with Crippen molar-refractivity contribution >= 4 is 11.2 Å². The molecule has 0 aliphatic heterocycles. The van der Waals surface area contributed by atoms with Crippen LogP contribution in [0.5, 0.6) is 0 Å². The Morgan fingerprint density at radius 3 is 2.93 bits per heavy atom. The molecule has 0 radical (unpaired) electrons. The molecule has 0 saturated carbocycles. The fourth-order valence-corrected chi connectivity index (χ4v) is 1.19. The number of fused-ring (bicyclic) bond motifs is 1. The second-order valence-corrected chi connectivity index (χ2v) is 3.19. The normalized spacial score (nSPS) is 12.2. The molecule has 0 atom stereocenters. The molecule has 0 unspecified atom stereocenters. The second-order valence-electron chi connectivity index (χ2n) is 3.19. The molecule has 0 fully saturated rings. The lowest BCUT2D eigenvalue weighted by Gasteiger charge is -2.05. The number of H-pyrrole nitrogens is 1. The van der Waals surface area contributed by atoms with Crippen LogP contribution in [0.25, 0.3) is 11.2 Å². The minimum atomic E-state index is -2.76. The number of nitrogens with one attached hydrogen (secondary N) is 1. The SMILES string of the molecule is CC(F)(F)Cc1nc2ncncc2[nH]1. The Morgan fingerprint density at radius 2 is 2.29 bits per heavy atom. The van der Waals surface area contributed by atoms with Gasteiger partial charge < -0.3 is 4.98 Å². The van der Waals surface area contributed by atoms with E-state index in [4.69, 9.17) is 0 Å². The summed E-state index contributed by atoms with van der Waals surface area (Å²) in [6.07, 6.45) is 2.42. The summed E-state index contributed by atoms with van der Waals surface area (Å²) in [7, 11) is 0. The van der Waals surface area contributed by atoms with Gasteiger partial charge in [0.2, 0.25) is 0 Å². The smallest absolute Gasteiger partial charge is 0.252 e. The largest absolute Gasteiger partial charge is 0.339 e. The van der Waals surface area contributed by atoms with Crippen molar-refractivity contribution in [2.24, 2.45) is 0 Å². The van der Waals surface area contributed by atoms with Crippen molar-refractivity contribution in [3.05, 3.63) is 18.3 Å². The monoisotopic (exact) mass is 198 g/mol. The molecule has 4 nitrogen and oxygen atoms in total. The fraction of sp³-hybridized carbons (Fsp3) is 0.375. The molecule has 2 heterocycles. The van der Waals surface area contributed by atoms with Gasteiger partial charge in [-0.15, -0.1) is 0 Å². The van der Waals surface area contributed by atoms with Crippen LogP contribution in [0.3, 0.4) is 0 Å². The molecule has 0 aromatic carbocycles. The van der Waals surface area contributed by atoms with Crippen LogP contribution in [0.15, 0.2) is 12.5 Å². The first-order valence-corrected chi connectivity index (χ1v) is 4.07. The predicted molar refractivity (Wildman–Crippen MR) is 46.0 cm³/mol. The third kappa shape index (κ3) is 1.84. The molecule has 1 N–H and O–H groups in total. The molecule has 0 amide bonds. The summed E-state index contributed by atoms with van der Waals surface area (Å²) in [5.74, 6) is -2.53. The lowest BCUT2D eigenvalue weighted by atomic mass is 10.3. The number of aromatic nitrogens is 4. The summed E-state index contributed by atoms with van der Waals surface area (Å²) >= 11 is 0. The second kappa shape index (κ2) is 2.97. The van der Waals surface area contributed by atoms with Gasteiger partial charge in [0, 0.05) is 0 Å². The van der Waals surface area contributed by atoms with Crippen LogP contribution in [0.1, 0.15) is 12.7 Å². The quantitative estimate of drug-likeness (QED) is 0.796. The molecule has 14 heavy (non-hydrogen) atoms. The zero-order chi connectivity index (χ0) is 10.2. The van der Waals surface area contributed by atoms with Gasteiger partial charge in [0.15, 0.2) is 5.65 Å². The standard InChI is InChI=1S/C8H8F2N4/c1-8(9,10)2-6-13-5-3-11-4-12-7(5)14-6/h3-4H,2H2,1H3,(H,11,12,13,14). The van der Waals surface area contributed by atoms with Gasteiger partial charge in [-0.1, -0.05) is 0 Å². The first-order valence-electron chi connectivity index (χ1n) is 4.07. The van der Waals surface area contributed by atoms with Gasteiger partial charge in [-0.25, -0.2) is 23.7 Å². The Morgan fingerprint density at radius 1 is 1.50 bits per heavy atom. The number of alkyl halides is 2. The highest BCUT2D eigenvalue weighted by molar-refractivity contribution is 5.68. The number of hydrogen-bond donors (Lipinski definition) is 1. The number of aromatic amines is 1. The van der Waals surface area contributed by atoms with E-state index in [1.165, 1.54) is 12.5 Å². The van der Waals surface area contributed by atoms with E-state index < -0.39 is 12.3 Å². The Labute approximate surface area is 78.4 Å². The minimum Gasteiger partial charge on any atom is -0.339 e. The summed E-state index contributed by atoms with van der Waals surface area (Å²) in [6, 6.07) is 0. The third-order valence-corrected chi connectivity index (χ3v) is 1.69. The average molecular weight is 198 g/mol. The van der Waals surface area contributed by atoms with Crippen LogP contribution >= 0.6 is 0 Å². The van der Waals surface area contributed by atoms with E-state index in [1.807, 2.05) is 0 Å². The van der Waals surface area contributed by atoms with Crippen LogP contribution in [-0.4, -0.2) is 25.9 Å². The molecule has 0 aliphatic rings. The van der Waals surface area contributed by atoms with Gasteiger partial charge in [-0.2, -0.15) is 0 Å². The van der Waals surface area contributed by atoms with Crippen molar-refractivity contribution in [1.29, 1.82) is 0 Å². The number of imidazole rings is 1. The van der Waals surface area contributed by atoms with Gasteiger partial charge in [0.1, 0.15) is 17.7 Å². The van der Waals surface area contributed by atoms with E-state index in [9.17, 15) is 8.78 Å². The highest BCUT2D eigenvalue weighted by Crippen LogP contribution is 2.18. The van der Waals surface area contributed by atoms with Crippen LogP contribution < -0.4 is 0 Å². The average Bonchev–Trinajstić information content (AvgIpc) is 2.42. The molecular formula is C8H8F2N4. The third-order valence-electron chi connectivity index (χ3n) is 1.69. The molecule has 2 aromatic heterocycles. The predicted octanol–water partition coefficient (Wildman–Crippen LogP) is 1.55. The molecule has 0 saturated heterocycles. The minimum absolute atomic E-state index is 0.230. The maximum atomic E-state index is 12.6. The zero-order valence-corrected chi connectivity index (χ0v) is 7.46. The number of hydrogen-bond acceptors (Lipinski definition) is 3. The van der Waals surface area contributed by atoms with Crippen molar-refractivity contribution in [2.45, 2.75) is 19.3 Å². The fourth-order valence-electron chi connectivity index (χ4n) is 1.19. The molecule has 0 spiro atoms. The zero-order valence-electron chi connectivity index (χ0n) is 7.46. The van der Waals surface area contributed by atoms with E-state index >= 15 is 0 Å². The van der Waals surface area contributed by atoms with Crippen molar-refractivity contribution < 1.29 is 8.78 Å². The molecule has 6 heteroatoms. The lowest BCUT2D eigenvalue weighted by Crippen LogP contribution is -2.14. The van der Waals surface area contributed by atoms with Crippen LogP contribution in [-0.2, 0) is 6.42 Å². The number of rotatable bonds is 2. The molecule has 74 valence electrons. The van der Waals surface area contributed by atoms with Gasteiger partial charge >= 0.3 is 0 Å². The molecule has 2 aromatic rings. The van der Waals surface area contributed by atoms with Gasteiger partial charge in [-0.3, -0.25) is 0 Å².